The van der Waals surface area contributed by atoms with Gasteiger partial charge in [0.2, 0.25) is 0 Å². The van der Waals surface area contributed by atoms with E-state index in [0.29, 0.717) is 5.75 Å². The third kappa shape index (κ3) is 3.91. The van der Waals surface area contributed by atoms with E-state index >= 15 is 0 Å². The lowest BCUT2D eigenvalue weighted by Gasteiger charge is -2.31. The Balaban J connectivity index is 3.55. The minimum atomic E-state index is -0.339. The van der Waals surface area contributed by atoms with Crippen molar-refractivity contribution >= 4 is 0 Å². The number of rotatable bonds is 1. The van der Waals surface area contributed by atoms with Gasteiger partial charge >= 0.3 is 0 Å². The monoisotopic (exact) mass is 278 g/mol. The quantitative estimate of drug-likeness (QED) is 0.768. The average Bonchev–Trinajstić information content (AvgIpc) is 2.15. The highest BCUT2D eigenvalue weighted by Gasteiger charge is 2.29. The molecular formula is C18H30O2. The van der Waals surface area contributed by atoms with E-state index in [1.807, 2.05) is 26.8 Å². The van der Waals surface area contributed by atoms with Crippen LogP contribution in [0.25, 0.3) is 0 Å². The summed E-state index contributed by atoms with van der Waals surface area (Å²) in [5, 5.41) is 10.7. The zero-order valence-corrected chi connectivity index (χ0v) is 14.5. The number of hydrogen-bond donors (Lipinski definition) is 1. The molecule has 0 saturated carbocycles. The van der Waals surface area contributed by atoms with Gasteiger partial charge in [0.05, 0.1) is 0 Å². The van der Waals surface area contributed by atoms with Crippen molar-refractivity contribution in [3.8, 4) is 11.5 Å². The molecule has 0 atom stereocenters. The maximum Gasteiger partial charge on any atom is 0.165 e. The Labute approximate surface area is 124 Å². The molecule has 2 heteroatoms. The summed E-state index contributed by atoms with van der Waals surface area (Å²) in [6.45, 7) is 18.7. The van der Waals surface area contributed by atoms with E-state index in [2.05, 4.69) is 47.6 Å². The zero-order chi connectivity index (χ0) is 15.9. The molecule has 1 aromatic carbocycles. The topological polar surface area (TPSA) is 29.5 Å². The van der Waals surface area contributed by atoms with E-state index in [1.165, 1.54) is 0 Å². The highest BCUT2D eigenvalue weighted by atomic mass is 16.5. The summed E-state index contributed by atoms with van der Waals surface area (Å²) < 4.78 is 6.08. The van der Waals surface area contributed by atoms with Crippen LogP contribution < -0.4 is 4.74 Å². The van der Waals surface area contributed by atoms with Gasteiger partial charge in [-0.1, -0.05) is 53.7 Å². The highest BCUT2D eigenvalue weighted by molar-refractivity contribution is 5.55. The average molecular weight is 278 g/mol. The van der Waals surface area contributed by atoms with Crippen molar-refractivity contribution in [1.82, 2.24) is 0 Å². The molecule has 0 bridgehead atoms. The Morgan fingerprint density at radius 1 is 0.750 bits per heavy atom. The highest BCUT2D eigenvalue weighted by Crippen LogP contribution is 2.45. The van der Waals surface area contributed by atoms with Crippen LogP contribution in [0.4, 0.5) is 0 Å². The summed E-state index contributed by atoms with van der Waals surface area (Å²) in [6.07, 6.45) is 0. The van der Waals surface area contributed by atoms with Crippen molar-refractivity contribution < 1.29 is 9.84 Å². The van der Waals surface area contributed by atoms with E-state index in [1.54, 1.807) is 0 Å². The Bertz CT molecular complexity index is 480. The summed E-state index contributed by atoms with van der Waals surface area (Å²) in [7, 11) is 0. The minimum Gasteiger partial charge on any atom is -0.504 e. The standard InChI is InChI=1S/C18H30O2/c1-16(2,3)12-10-11-13(17(4,5)6)15(14(12)19)20-18(7,8)9/h10-11,19H,1-9H3. The summed E-state index contributed by atoms with van der Waals surface area (Å²) >= 11 is 0. The molecule has 0 radical (unpaired) electrons. The van der Waals surface area contributed by atoms with Gasteiger partial charge in [-0.3, -0.25) is 0 Å². The number of hydrogen-bond acceptors (Lipinski definition) is 2. The lowest BCUT2D eigenvalue weighted by atomic mass is 9.80. The largest absolute Gasteiger partial charge is 0.504 e. The fourth-order valence-electron chi connectivity index (χ4n) is 2.18. The lowest BCUT2D eigenvalue weighted by Crippen LogP contribution is -2.26. The molecule has 0 unspecified atom stereocenters. The zero-order valence-electron chi connectivity index (χ0n) is 14.5. The lowest BCUT2D eigenvalue weighted by molar-refractivity contribution is 0.122. The first-order valence-electron chi connectivity index (χ1n) is 7.29. The smallest absolute Gasteiger partial charge is 0.165 e. The number of benzene rings is 1. The third-order valence-corrected chi connectivity index (χ3v) is 3.16. The first-order chi connectivity index (χ1) is 8.73. The fraction of sp³-hybridized carbons (Fsp3) is 0.667. The van der Waals surface area contributed by atoms with Gasteiger partial charge in [0.25, 0.3) is 0 Å². The first kappa shape index (κ1) is 16.9. The molecule has 20 heavy (non-hydrogen) atoms. The molecule has 0 aliphatic rings. The number of phenols is 1. The van der Waals surface area contributed by atoms with Gasteiger partial charge in [-0.05, 0) is 31.6 Å². The number of ether oxygens (including phenoxy) is 1. The molecule has 0 spiro atoms. The molecule has 1 N–H and O–H groups in total. The molecule has 0 aliphatic heterocycles. The second-order valence-electron chi connectivity index (χ2n) is 8.55. The van der Waals surface area contributed by atoms with Crippen LogP contribution >= 0.6 is 0 Å². The van der Waals surface area contributed by atoms with Gasteiger partial charge in [0.1, 0.15) is 5.60 Å². The van der Waals surface area contributed by atoms with Crippen LogP contribution in [-0.2, 0) is 10.8 Å². The van der Waals surface area contributed by atoms with E-state index < -0.39 is 0 Å². The normalized spacial score (nSPS) is 13.4. The van der Waals surface area contributed by atoms with Gasteiger partial charge in [-0.2, -0.15) is 0 Å². The SMILES string of the molecule is CC(C)(C)Oc1c(C(C)(C)C)ccc(C(C)(C)C)c1O. The van der Waals surface area contributed by atoms with Gasteiger partial charge in [0.15, 0.2) is 11.5 Å². The van der Waals surface area contributed by atoms with Crippen LogP contribution in [0.5, 0.6) is 11.5 Å². The number of phenolic OH excluding ortho intramolecular Hbond substituents is 1. The maximum atomic E-state index is 10.7. The molecule has 1 aromatic rings. The van der Waals surface area contributed by atoms with E-state index in [4.69, 9.17) is 4.74 Å². The molecule has 0 fully saturated rings. The van der Waals surface area contributed by atoms with E-state index in [0.717, 1.165) is 11.1 Å². The second-order valence-corrected chi connectivity index (χ2v) is 8.55. The predicted octanol–water partition coefficient (Wildman–Crippen LogP) is 5.16. The van der Waals surface area contributed by atoms with Crippen molar-refractivity contribution in [1.29, 1.82) is 0 Å². The van der Waals surface area contributed by atoms with Crippen molar-refractivity contribution in [3.63, 3.8) is 0 Å². The third-order valence-electron chi connectivity index (χ3n) is 3.16. The molecule has 1 rings (SSSR count). The Morgan fingerprint density at radius 2 is 1.15 bits per heavy atom. The van der Waals surface area contributed by atoms with Crippen molar-refractivity contribution in [2.75, 3.05) is 0 Å². The van der Waals surface area contributed by atoms with Crippen molar-refractivity contribution in [3.05, 3.63) is 23.3 Å². The van der Waals surface area contributed by atoms with Gasteiger partial charge in [-0.15, -0.1) is 0 Å². The van der Waals surface area contributed by atoms with Crippen molar-refractivity contribution in [2.24, 2.45) is 0 Å². The summed E-state index contributed by atoms with van der Waals surface area (Å²) in [6, 6.07) is 4.10. The summed E-state index contributed by atoms with van der Waals surface area (Å²) in [4.78, 5) is 0. The second kappa shape index (κ2) is 4.98. The molecule has 0 heterocycles. The van der Waals surface area contributed by atoms with Crippen LogP contribution in [0, 0.1) is 0 Å². The van der Waals surface area contributed by atoms with Gasteiger partial charge in [0, 0.05) is 11.1 Å². The van der Waals surface area contributed by atoms with Crippen LogP contribution in [0.3, 0.4) is 0 Å². The Hall–Kier alpha value is -1.18. The Morgan fingerprint density at radius 3 is 1.50 bits per heavy atom. The van der Waals surface area contributed by atoms with Gasteiger partial charge in [-0.25, -0.2) is 0 Å². The molecule has 0 amide bonds. The summed E-state index contributed by atoms with van der Waals surface area (Å²) in [5.41, 5.74) is 1.43. The van der Waals surface area contributed by atoms with Crippen LogP contribution in [0.1, 0.15) is 73.4 Å². The number of aromatic hydroxyl groups is 1. The molecule has 2 nitrogen and oxygen atoms in total. The molecule has 0 aliphatic carbocycles. The Kier molecular flexibility index (Phi) is 4.20. The van der Waals surface area contributed by atoms with Crippen LogP contribution in [-0.4, -0.2) is 10.7 Å². The molecule has 114 valence electrons. The fourth-order valence-corrected chi connectivity index (χ4v) is 2.18. The molecule has 0 aromatic heterocycles. The van der Waals surface area contributed by atoms with Crippen LogP contribution in [0.2, 0.25) is 0 Å². The van der Waals surface area contributed by atoms with E-state index in [-0.39, 0.29) is 22.2 Å². The first-order valence-corrected chi connectivity index (χ1v) is 7.29. The minimum absolute atomic E-state index is 0.0749. The predicted molar refractivity (Wildman–Crippen MR) is 85.9 cm³/mol. The summed E-state index contributed by atoms with van der Waals surface area (Å²) in [5.74, 6) is 0.900. The van der Waals surface area contributed by atoms with Crippen LogP contribution in [0.15, 0.2) is 12.1 Å². The maximum absolute atomic E-state index is 10.7. The van der Waals surface area contributed by atoms with E-state index in [9.17, 15) is 5.11 Å². The molecular weight excluding hydrogens is 248 g/mol. The van der Waals surface area contributed by atoms with Gasteiger partial charge < -0.3 is 9.84 Å². The molecule has 0 saturated heterocycles. The van der Waals surface area contributed by atoms with Crippen molar-refractivity contribution in [2.45, 2.75) is 78.7 Å².